The number of ether oxygens (including phenoxy) is 1. The maximum atomic E-state index is 11.8. The van der Waals surface area contributed by atoms with Crippen LogP contribution in [0.25, 0.3) is 11.4 Å². The van der Waals surface area contributed by atoms with Crippen LogP contribution in [0.3, 0.4) is 0 Å². The Morgan fingerprint density at radius 3 is 2.86 bits per heavy atom. The number of rotatable bonds is 6. The van der Waals surface area contributed by atoms with Crippen LogP contribution in [-0.2, 0) is 4.74 Å². The predicted molar refractivity (Wildman–Crippen MR) is 83.5 cm³/mol. The third-order valence-electron chi connectivity index (χ3n) is 2.81. The molecule has 1 heterocycles. The summed E-state index contributed by atoms with van der Waals surface area (Å²) in [5.41, 5.74) is 0.927. The van der Waals surface area contributed by atoms with Gasteiger partial charge in [-0.05, 0) is 13.3 Å². The molecule has 7 heteroatoms. The Morgan fingerprint density at radius 2 is 2.14 bits per heavy atom. The molecule has 0 aliphatic heterocycles. The SMILES string of the molecule is COCCC(C)NC(=O)Nc1nc(-c2ccccc2)ns1. The molecule has 1 aromatic carbocycles. The summed E-state index contributed by atoms with van der Waals surface area (Å²) in [4.78, 5) is 16.1. The van der Waals surface area contributed by atoms with Gasteiger partial charge in [-0.15, -0.1) is 0 Å². The van der Waals surface area contributed by atoms with Crippen molar-refractivity contribution in [3.63, 3.8) is 0 Å². The average molecular weight is 306 g/mol. The molecule has 112 valence electrons. The first kappa shape index (κ1) is 15.4. The second-order valence-electron chi connectivity index (χ2n) is 4.57. The Kier molecular flexibility index (Phi) is 5.65. The van der Waals surface area contributed by atoms with Gasteiger partial charge in [0.05, 0.1) is 0 Å². The Bertz CT molecular complexity index is 573. The molecule has 1 atom stereocenters. The van der Waals surface area contributed by atoms with Gasteiger partial charge in [-0.3, -0.25) is 5.32 Å². The molecule has 0 aliphatic rings. The number of methoxy groups -OCH3 is 1. The van der Waals surface area contributed by atoms with Crippen LogP contribution in [0.2, 0.25) is 0 Å². The molecule has 0 saturated carbocycles. The monoisotopic (exact) mass is 306 g/mol. The highest BCUT2D eigenvalue weighted by atomic mass is 32.1. The fourth-order valence-electron chi connectivity index (χ4n) is 1.70. The number of hydrogen-bond donors (Lipinski definition) is 2. The van der Waals surface area contributed by atoms with Crippen molar-refractivity contribution in [2.24, 2.45) is 0 Å². The summed E-state index contributed by atoms with van der Waals surface area (Å²) in [5, 5.41) is 5.99. The highest BCUT2D eigenvalue weighted by Gasteiger charge is 2.11. The van der Waals surface area contributed by atoms with E-state index in [4.69, 9.17) is 4.74 Å². The van der Waals surface area contributed by atoms with E-state index in [-0.39, 0.29) is 12.1 Å². The normalized spacial score (nSPS) is 11.9. The molecule has 1 unspecified atom stereocenters. The summed E-state index contributed by atoms with van der Waals surface area (Å²) in [6.45, 7) is 2.53. The minimum atomic E-state index is -0.283. The topological polar surface area (TPSA) is 76.1 Å². The van der Waals surface area contributed by atoms with Crippen LogP contribution in [-0.4, -0.2) is 35.1 Å². The number of amides is 2. The van der Waals surface area contributed by atoms with Crippen LogP contribution in [0.4, 0.5) is 9.93 Å². The summed E-state index contributed by atoms with van der Waals surface area (Å²) in [6, 6.07) is 9.39. The van der Waals surface area contributed by atoms with Crippen LogP contribution in [0.1, 0.15) is 13.3 Å². The minimum absolute atomic E-state index is 0.0338. The van der Waals surface area contributed by atoms with Crippen molar-refractivity contribution in [1.29, 1.82) is 0 Å². The standard InChI is InChI=1S/C14H18N4O2S/c1-10(8-9-20-2)15-13(19)17-14-16-12(18-21-14)11-6-4-3-5-7-11/h3-7,10H,8-9H2,1-2H3,(H2,15,16,17,18,19). The van der Waals surface area contributed by atoms with Crippen molar-refractivity contribution in [1.82, 2.24) is 14.7 Å². The summed E-state index contributed by atoms with van der Waals surface area (Å²) < 4.78 is 9.21. The summed E-state index contributed by atoms with van der Waals surface area (Å²) >= 11 is 1.16. The number of aromatic nitrogens is 2. The molecule has 2 aromatic rings. The lowest BCUT2D eigenvalue weighted by Gasteiger charge is -2.12. The molecule has 0 spiro atoms. The maximum Gasteiger partial charge on any atom is 0.321 e. The molecule has 6 nitrogen and oxygen atoms in total. The zero-order valence-corrected chi connectivity index (χ0v) is 12.8. The molecular formula is C14H18N4O2S. The van der Waals surface area contributed by atoms with Crippen molar-refractivity contribution < 1.29 is 9.53 Å². The molecular weight excluding hydrogens is 288 g/mol. The van der Waals surface area contributed by atoms with Gasteiger partial charge in [0.25, 0.3) is 0 Å². The van der Waals surface area contributed by atoms with E-state index in [9.17, 15) is 4.79 Å². The van der Waals surface area contributed by atoms with E-state index in [1.807, 2.05) is 37.3 Å². The zero-order valence-electron chi connectivity index (χ0n) is 12.0. The van der Waals surface area contributed by atoms with E-state index < -0.39 is 0 Å². The van der Waals surface area contributed by atoms with E-state index >= 15 is 0 Å². The fourth-order valence-corrected chi connectivity index (χ4v) is 2.29. The van der Waals surface area contributed by atoms with Gasteiger partial charge in [-0.25, -0.2) is 4.79 Å². The molecule has 0 fully saturated rings. The lowest BCUT2D eigenvalue weighted by Crippen LogP contribution is -2.36. The highest BCUT2D eigenvalue weighted by Crippen LogP contribution is 2.20. The molecule has 0 radical (unpaired) electrons. The van der Waals surface area contributed by atoms with Gasteiger partial charge >= 0.3 is 6.03 Å². The number of nitrogens with zero attached hydrogens (tertiary/aromatic N) is 2. The number of hydrogen-bond acceptors (Lipinski definition) is 5. The summed E-state index contributed by atoms with van der Waals surface area (Å²) in [6.07, 6.45) is 0.759. The Labute approximate surface area is 127 Å². The minimum Gasteiger partial charge on any atom is -0.385 e. The van der Waals surface area contributed by atoms with Gasteiger partial charge in [-0.2, -0.15) is 9.36 Å². The van der Waals surface area contributed by atoms with Crippen LogP contribution in [0, 0.1) is 0 Å². The number of benzene rings is 1. The van der Waals surface area contributed by atoms with Gasteiger partial charge in [0.15, 0.2) is 5.82 Å². The quantitative estimate of drug-likeness (QED) is 0.860. The molecule has 2 N–H and O–H groups in total. The molecule has 1 aromatic heterocycles. The molecule has 0 saturated heterocycles. The lowest BCUT2D eigenvalue weighted by molar-refractivity contribution is 0.185. The van der Waals surface area contributed by atoms with E-state index in [0.29, 0.717) is 17.6 Å². The van der Waals surface area contributed by atoms with E-state index in [1.54, 1.807) is 7.11 Å². The van der Waals surface area contributed by atoms with Crippen molar-refractivity contribution in [2.45, 2.75) is 19.4 Å². The van der Waals surface area contributed by atoms with Gasteiger partial charge in [-0.1, -0.05) is 30.3 Å². The van der Waals surface area contributed by atoms with E-state index in [2.05, 4.69) is 20.0 Å². The second-order valence-corrected chi connectivity index (χ2v) is 5.32. The van der Waals surface area contributed by atoms with E-state index in [1.165, 1.54) is 0 Å². The van der Waals surface area contributed by atoms with Crippen LogP contribution in [0.5, 0.6) is 0 Å². The Hall–Kier alpha value is -1.99. The fraction of sp³-hybridized carbons (Fsp3) is 0.357. The third-order valence-corrected chi connectivity index (χ3v) is 3.44. The van der Waals surface area contributed by atoms with Crippen molar-refractivity contribution in [3.8, 4) is 11.4 Å². The van der Waals surface area contributed by atoms with Gasteiger partial charge in [0.2, 0.25) is 5.13 Å². The molecule has 0 aliphatic carbocycles. The van der Waals surface area contributed by atoms with Crippen LogP contribution >= 0.6 is 11.5 Å². The number of urea groups is 1. The van der Waals surface area contributed by atoms with Gasteiger partial charge in [0, 0.05) is 36.9 Å². The largest absolute Gasteiger partial charge is 0.385 e. The number of anilines is 1. The predicted octanol–water partition coefficient (Wildman–Crippen LogP) is 2.75. The van der Waals surface area contributed by atoms with Crippen LogP contribution in [0.15, 0.2) is 30.3 Å². The summed E-state index contributed by atoms with van der Waals surface area (Å²) in [7, 11) is 1.64. The Balaban J connectivity index is 1.89. The Morgan fingerprint density at radius 1 is 1.38 bits per heavy atom. The number of carbonyl (C=O) groups is 1. The average Bonchev–Trinajstić information content (AvgIpc) is 2.94. The van der Waals surface area contributed by atoms with Crippen molar-refractivity contribution in [2.75, 3.05) is 19.0 Å². The molecule has 0 bridgehead atoms. The smallest absolute Gasteiger partial charge is 0.321 e. The first-order valence-electron chi connectivity index (χ1n) is 6.64. The van der Waals surface area contributed by atoms with Crippen LogP contribution < -0.4 is 10.6 Å². The molecule has 2 rings (SSSR count). The van der Waals surface area contributed by atoms with E-state index in [0.717, 1.165) is 23.5 Å². The first-order valence-corrected chi connectivity index (χ1v) is 7.42. The molecule has 2 amide bonds. The summed E-state index contributed by atoms with van der Waals surface area (Å²) in [5.74, 6) is 0.614. The second kappa shape index (κ2) is 7.70. The third kappa shape index (κ3) is 4.80. The lowest BCUT2D eigenvalue weighted by atomic mass is 10.2. The van der Waals surface area contributed by atoms with Gasteiger partial charge < -0.3 is 10.1 Å². The maximum absolute atomic E-state index is 11.8. The zero-order chi connectivity index (χ0) is 15.1. The van der Waals surface area contributed by atoms with Crippen molar-refractivity contribution >= 4 is 22.7 Å². The van der Waals surface area contributed by atoms with Crippen molar-refractivity contribution in [3.05, 3.63) is 30.3 Å². The highest BCUT2D eigenvalue weighted by molar-refractivity contribution is 7.10. The number of nitrogens with one attached hydrogen (secondary N) is 2. The number of carbonyl (C=O) groups excluding carboxylic acids is 1. The molecule has 21 heavy (non-hydrogen) atoms. The van der Waals surface area contributed by atoms with Gasteiger partial charge in [0.1, 0.15) is 0 Å². The first-order chi connectivity index (χ1) is 10.2.